The molecule has 17 heavy (non-hydrogen) atoms. The van der Waals surface area contributed by atoms with Crippen LogP contribution in [0.2, 0.25) is 0 Å². The van der Waals surface area contributed by atoms with Gasteiger partial charge in [-0.2, -0.15) is 0 Å². The van der Waals surface area contributed by atoms with Gasteiger partial charge < -0.3 is 4.90 Å². The fourth-order valence-electron chi connectivity index (χ4n) is 4.29. The van der Waals surface area contributed by atoms with E-state index in [1.165, 1.54) is 25.8 Å². The first-order valence-electron chi connectivity index (χ1n) is 6.95. The summed E-state index contributed by atoms with van der Waals surface area (Å²) in [4.78, 5) is 2.38. The van der Waals surface area contributed by atoms with E-state index in [4.69, 9.17) is 0 Å². The lowest BCUT2D eigenvalue weighted by Gasteiger charge is -2.33. The Morgan fingerprint density at radius 3 is 2.47 bits per heavy atom. The maximum absolute atomic E-state index is 2.38. The Balaban J connectivity index is 1.86. The molecule has 0 aliphatic heterocycles. The van der Waals surface area contributed by atoms with Gasteiger partial charge in [0, 0.05) is 6.54 Å². The highest BCUT2D eigenvalue weighted by molar-refractivity contribution is 5.24. The number of rotatable bonds is 3. The van der Waals surface area contributed by atoms with Crippen molar-refractivity contribution in [3.63, 3.8) is 0 Å². The summed E-state index contributed by atoms with van der Waals surface area (Å²) >= 11 is 0. The molecule has 0 unspecified atom stereocenters. The summed E-state index contributed by atoms with van der Waals surface area (Å²) in [6.45, 7) is 1.26. The van der Waals surface area contributed by atoms with E-state index in [0.29, 0.717) is 0 Å². The van der Waals surface area contributed by atoms with Gasteiger partial charge in [-0.25, -0.2) is 0 Å². The van der Waals surface area contributed by atoms with Gasteiger partial charge in [0.25, 0.3) is 0 Å². The van der Waals surface area contributed by atoms with Gasteiger partial charge in [0.15, 0.2) is 0 Å². The fraction of sp³-hybridized carbons (Fsp3) is 0.625. The molecule has 0 N–H and O–H groups in total. The molecule has 2 bridgehead atoms. The molecule has 0 amide bonds. The van der Waals surface area contributed by atoms with Crippen LogP contribution in [0.25, 0.3) is 0 Å². The molecule has 4 atom stereocenters. The Bertz CT molecular complexity index is 370. The second-order valence-corrected chi connectivity index (χ2v) is 6.20. The molecular weight excluding hydrogens is 206 g/mol. The molecule has 2 fully saturated rings. The van der Waals surface area contributed by atoms with Crippen LogP contribution in [0.5, 0.6) is 0 Å². The molecule has 2 aliphatic carbocycles. The highest BCUT2D eigenvalue weighted by Crippen LogP contribution is 2.56. The summed E-state index contributed by atoms with van der Waals surface area (Å²) in [5.41, 5.74) is 1.59. The summed E-state index contributed by atoms with van der Waals surface area (Å²) < 4.78 is 0. The van der Waals surface area contributed by atoms with Crippen LogP contribution in [0.3, 0.4) is 0 Å². The molecule has 0 aromatic heterocycles. The molecule has 1 aromatic rings. The monoisotopic (exact) mass is 229 g/mol. The minimum Gasteiger partial charge on any atom is -0.309 e. The first-order valence-corrected chi connectivity index (χ1v) is 6.95. The molecule has 1 nitrogen and oxygen atoms in total. The molecule has 92 valence electrons. The smallest absolute Gasteiger partial charge is 0.00122 e. The van der Waals surface area contributed by atoms with Crippen LogP contribution in [0.15, 0.2) is 30.3 Å². The molecule has 2 saturated carbocycles. The zero-order chi connectivity index (χ0) is 11.8. The van der Waals surface area contributed by atoms with Crippen LogP contribution in [-0.2, 0) is 0 Å². The normalized spacial score (nSPS) is 35.7. The third kappa shape index (κ3) is 2.01. The van der Waals surface area contributed by atoms with Crippen molar-refractivity contribution >= 4 is 0 Å². The SMILES string of the molecule is CN(C)C[C@@H]1[C@@H]2CC[C@@H](C2)[C@H]1c1ccccc1. The Morgan fingerprint density at radius 1 is 1.06 bits per heavy atom. The first kappa shape index (κ1) is 11.3. The Labute approximate surface area is 105 Å². The van der Waals surface area contributed by atoms with Gasteiger partial charge in [0.2, 0.25) is 0 Å². The van der Waals surface area contributed by atoms with Gasteiger partial charge in [-0.15, -0.1) is 0 Å². The first-order chi connectivity index (χ1) is 8.25. The highest BCUT2D eigenvalue weighted by atomic mass is 15.1. The van der Waals surface area contributed by atoms with E-state index in [1.807, 2.05) is 0 Å². The summed E-state index contributed by atoms with van der Waals surface area (Å²) in [6.07, 6.45) is 4.43. The predicted octanol–water partition coefficient (Wildman–Crippen LogP) is 3.38. The van der Waals surface area contributed by atoms with E-state index >= 15 is 0 Å². The number of benzene rings is 1. The minimum atomic E-state index is 0.831. The molecule has 0 radical (unpaired) electrons. The zero-order valence-electron chi connectivity index (χ0n) is 11.0. The second kappa shape index (κ2) is 4.45. The van der Waals surface area contributed by atoms with Gasteiger partial charge in [-0.05, 0) is 62.6 Å². The maximum Gasteiger partial charge on any atom is 0.00122 e. The third-order valence-corrected chi connectivity index (χ3v) is 4.85. The van der Waals surface area contributed by atoms with Crippen LogP contribution in [-0.4, -0.2) is 25.5 Å². The average Bonchev–Trinajstić information content (AvgIpc) is 2.90. The van der Waals surface area contributed by atoms with Gasteiger partial charge in [0.05, 0.1) is 0 Å². The average molecular weight is 229 g/mol. The molecule has 1 heteroatoms. The number of nitrogens with zero attached hydrogens (tertiary/aromatic N) is 1. The number of fused-ring (bicyclic) bond motifs is 2. The predicted molar refractivity (Wildman–Crippen MR) is 72.1 cm³/mol. The van der Waals surface area contributed by atoms with Crippen LogP contribution >= 0.6 is 0 Å². The van der Waals surface area contributed by atoms with Gasteiger partial charge in [-0.1, -0.05) is 30.3 Å². The lowest BCUT2D eigenvalue weighted by atomic mass is 9.75. The maximum atomic E-state index is 2.38. The summed E-state index contributed by atoms with van der Waals surface area (Å²) in [6, 6.07) is 11.2. The number of hydrogen-bond donors (Lipinski definition) is 0. The number of hydrogen-bond acceptors (Lipinski definition) is 1. The van der Waals surface area contributed by atoms with Crippen molar-refractivity contribution in [2.24, 2.45) is 17.8 Å². The zero-order valence-corrected chi connectivity index (χ0v) is 11.0. The van der Waals surface area contributed by atoms with Crippen molar-refractivity contribution in [2.75, 3.05) is 20.6 Å². The molecule has 3 rings (SSSR count). The van der Waals surface area contributed by atoms with Crippen molar-refractivity contribution in [3.05, 3.63) is 35.9 Å². The van der Waals surface area contributed by atoms with E-state index in [1.54, 1.807) is 5.56 Å². The van der Waals surface area contributed by atoms with Crippen LogP contribution in [0, 0.1) is 17.8 Å². The Kier molecular flexibility index (Phi) is 2.96. The lowest BCUT2D eigenvalue weighted by Crippen LogP contribution is -2.30. The molecule has 1 aromatic carbocycles. The van der Waals surface area contributed by atoms with Crippen LogP contribution < -0.4 is 0 Å². The van der Waals surface area contributed by atoms with Crippen molar-refractivity contribution in [2.45, 2.75) is 25.2 Å². The molecule has 0 spiro atoms. The standard InChI is InChI=1S/C16H23N/c1-17(2)11-15-13-8-9-14(10-13)16(15)12-6-4-3-5-7-12/h3-7,13-16H,8-11H2,1-2H3/t13-,14+,15-,16-/m1/s1. The fourth-order valence-corrected chi connectivity index (χ4v) is 4.29. The van der Waals surface area contributed by atoms with Crippen molar-refractivity contribution < 1.29 is 0 Å². The van der Waals surface area contributed by atoms with Crippen LogP contribution in [0.4, 0.5) is 0 Å². The summed E-state index contributed by atoms with van der Waals surface area (Å²) in [5, 5.41) is 0. The summed E-state index contributed by atoms with van der Waals surface area (Å²) in [5.74, 6) is 3.68. The largest absolute Gasteiger partial charge is 0.309 e. The van der Waals surface area contributed by atoms with Crippen LogP contribution in [0.1, 0.15) is 30.7 Å². The topological polar surface area (TPSA) is 3.24 Å². The minimum absolute atomic E-state index is 0.831. The van der Waals surface area contributed by atoms with Gasteiger partial charge in [0.1, 0.15) is 0 Å². The Morgan fingerprint density at radius 2 is 1.76 bits per heavy atom. The van der Waals surface area contributed by atoms with E-state index in [9.17, 15) is 0 Å². The van der Waals surface area contributed by atoms with Gasteiger partial charge >= 0.3 is 0 Å². The second-order valence-electron chi connectivity index (χ2n) is 6.20. The Hall–Kier alpha value is -0.820. The quantitative estimate of drug-likeness (QED) is 0.768. The summed E-state index contributed by atoms with van der Waals surface area (Å²) in [7, 11) is 4.43. The van der Waals surface area contributed by atoms with Crippen molar-refractivity contribution in [1.82, 2.24) is 4.90 Å². The molecular formula is C16H23N. The van der Waals surface area contributed by atoms with E-state index in [2.05, 4.69) is 49.3 Å². The van der Waals surface area contributed by atoms with Crippen molar-refractivity contribution in [1.29, 1.82) is 0 Å². The highest BCUT2D eigenvalue weighted by Gasteiger charge is 2.47. The molecule has 0 heterocycles. The lowest BCUT2D eigenvalue weighted by molar-refractivity contribution is 0.219. The molecule has 2 aliphatic rings. The molecule has 0 saturated heterocycles. The third-order valence-electron chi connectivity index (χ3n) is 4.85. The van der Waals surface area contributed by atoms with E-state index < -0.39 is 0 Å². The van der Waals surface area contributed by atoms with Gasteiger partial charge in [-0.3, -0.25) is 0 Å². The van der Waals surface area contributed by atoms with E-state index in [0.717, 1.165) is 23.7 Å². The van der Waals surface area contributed by atoms with E-state index in [-0.39, 0.29) is 0 Å². The van der Waals surface area contributed by atoms with Crippen molar-refractivity contribution in [3.8, 4) is 0 Å².